The maximum Gasteiger partial charge on any atom is 0.159 e. The standard InChI is InChI=1S/C23H24N4/c1-3-5-16-27(4-2)23-19-13-7-6-12-18(19)22(25-26-23)20-14-8-10-17-11-9-15-24-21(17)20/h6-15H,3-5,16H2,1-2H3. The zero-order valence-electron chi connectivity index (χ0n) is 15.9. The van der Waals surface area contributed by atoms with Crippen molar-refractivity contribution in [2.45, 2.75) is 26.7 Å². The molecule has 4 heteroatoms. The Morgan fingerprint density at radius 2 is 1.67 bits per heavy atom. The van der Waals surface area contributed by atoms with Crippen LogP contribution in [-0.4, -0.2) is 28.3 Å². The predicted molar refractivity (Wildman–Crippen MR) is 113 cm³/mol. The molecule has 0 unspecified atom stereocenters. The van der Waals surface area contributed by atoms with Crippen molar-refractivity contribution in [3.8, 4) is 11.3 Å². The lowest BCUT2D eigenvalue weighted by Gasteiger charge is -2.23. The highest BCUT2D eigenvalue weighted by Crippen LogP contribution is 2.34. The monoisotopic (exact) mass is 356 g/mol. The molecule has 0 aliphatic carbocycles. The molecule has 0 fully saturated rings. The Morgan fingerprint density at radius 3 is 2.48 bits per heavy atom. The molecule has 0 spiro atoms. The van der Waals surface area contributed by atoms with Crippen LogP contribution in [0, 0.1) is 0 Å². The second-order valence-electron chi connectivity index (χ2n) is 6.73. The van der Waals surface area contributed by atoms with E-state index >= 15 is 0 Å². The van der Waals surface area contributed by atoms with Gasteiger partial charge >= 0.3 is 0 Å². The summed E-state index contributed by atoms with van der Waals surface area (Å²) in [5.74, 6) is 0.971. The van der Waals surface area contributed by atoms with Crippen LogP contribution in [0.5, 0.6) is 0 Å². The van der Waals surface area contributed by atoms with E-state index in [0.717, 1.165) is 58.3 Å². The molecule has 0 bridgehead atoms. The van der Waals surface area contributed by atoms with Gasteiger partial charge in [-0.05, 0) is 19.4 Å². The molecule has 0 saturated carbocycles. The molecule has 0 saturated heterocycles. The summed E-state index contributed by atoms with van der Waals surface area (Å²) < 4.78 is 0. The lowest BCUT2D eigenvalue weighted by Crippen LogP contribution is -2.25. The normalized spacial score (nSPS) is 11.2. The fourth-order valence-electron chi connectivity index (χ4n) is 3.58. The van der Waals surface area contributed by atoms with Crippen LogP contribution in [0.4, 0.5) is 5.82 Å². The number of hydrogen-bond acceptors (Lipinski definition) is 4. The summed E-state index contributed by atoms with van der Waals surface area (Å²) >= 11 is 0. The fraction of sp³-hybridized carbons (Fsp3) is 0.261. The van der Waals surface area contributed by atoms with Gasteiger partial charge in [0, 0.05) is 41.0 Å². The molecule has 0 atom stereocenters. The maximum atomic E-state index is 4.67. The van der Waals surface area contributed by atoms with Crippen molar-refractivity contribution in [3.63, 3.8) is 0 Å². The van der Waals surface area contributed by atoms with E-state index < -0.39 is 0 Å². The first-order valence-electron chi connectivity index (χ1n) is 9.68. The fourth-order valence-corrected chi connectivity index (χ4v) is 3.58. The summed E-state index contributed by atoms with van der Waals surface area (Å²) in [6.45, 7) is 6.32. The third kappa shape index (κ3) is 3.23. The van der Waals surface area contributed by atoms with Gasteiger partial charge in [-0.1, -0.05) is 61.9 Å². The average Bonchev–Trinajstić information content (AvgIpc) is 2.74. The van der Waals surface area contributed by atoms with Gasteiger partial charge in [-0.15, -0.1) is 10.2 Å². The minimum absolute atomic E-state index is 0.894. The number of hydrogen-bond donors (Lipinski definition) is 0. The van der Waals surface area contributed by atoms with Gasteiger partial charge in [0.2, 0.25) is 0 Å². The van der Waals surface area contributed by atoms with Crippen LogP contribution >= 0.6 is 0 Å². The van der Waals surface area contributed by atoms with Gasteiger partial charge in [-0.2, -0.15) is 0 Å². The molecule has 136 valence electrons. The first-order chi connectivity index (χ1) is 13.3. The highest BCUT2D eigenvalue weighted by molar-refractivity contribution is 6.05. The highest BCUT2D eigenvalue weighted by atomic mass is 15.3. The summed E-state index contributed by atoms with van der Waals surface area (Å²) in [5, 5.41) is 12.7. The maximum absolute atomic E-state index is 4.67. The van der Waals surface area contributed by atoms with Gasteiger partial charge < -0.3 is 4.90 Å². The van der Waals surface area contributed by atoms with Gasteiger partial charge in [-0.25, -0.2) is 0 Å². The Labute approximate surface area is 159 Å². The van der Waals surface area contributed by atoms with Gasteiger partial charge in [0.15, 0.2) is 5.82 Å². The molecule has 0 N–H and O–H groups in total. The van der Waals surface area contributed by atoms with Gasteiger partial charge in [0.05, 0.1) is 5.52 Å². The van der Waals surface area contributed by atoms with Crippen LogP contribution in [-0.2, 0) is 0 Å². The van der Waals surface area contributed by atoms with Crippen LogP contribution < -0.4 is 4.90 Å². The molecule has 4 nitrogen and oxygen atoms in total. The molecule has 4 aromatic rings. The van der Waals surface area contributed by atoms with Crippen LogP contribution in [0.3, 0.4) is 0 Å². The Kier molecular flexibility index (Phi) is 4.97. The van der Waals surface area contributed by atoms with Crippen LogP contribution in [0.2, 0.25) is 0 Å². The van der Waals surface area contributed by atoms with Gasteiger partial charge in [-0.3, -0.25) is 4.98 Å². The number of fused-ring (bicyclic) bond motifs is 2. The third-order valence-corrected chi connectivity index (χ3v) is 5.02. The van der Waals surface area contributed by atoms with E-state index in [1.165, 1.54) is 6.42 Å². The van der Waals surface area contributed by atoms with E-state index in [2.05, 4.69) is 82.5 Å². The minimum Gasteiger partial charge on any atom is -0.355 e. The van der Waals surface area contributed by atoms with Gasteiger partial charge in [0.25, 0.3) is 0 Å². The SMILES string of the molecule is CCCCN(CC)c1nnc(-c2cccc3cccnc23)c2ccccc12. The Balaban J connectivity index is 1.92. The smallest absolute Gasteiger partial charge is 0.159 e. The molecule has 0 aliphatic heterocycles. The molecule has 2 heterocycles. The van der Waals surface area contributed by atoms with Crippen molar-refractivity contribution in [3.05, 3.63) is 60.8 Å². The Hall–Kier alpha value is -3.01. The quantitative estimate of drug-likeness (QED) is 0.459. The number of pyridine rings is 1. The molecule has 0 radical (unpaired) electrons. The molecular weight excluding hydrogens is 332 g/mol. The van der Waals surface area contributed by atoms with Crippen molar-refractivity contribution in [2.24, 2.45) is 0 Å². The summed E-state index contributed by atoms with van der Waals surface area (Å²) in [4.78, 5) is 6.92. The third-order valence-electron chi connectivity index (χ3n) is 5.02. The zero-order chi connectivity index (χ0) is 18.6. The zero-order valence-corrected chi connectivity index (χ0v) is 15.9. The van der Waals surface area contributed by atoms with Gasteiger partial charge in [0.1, 0.15) is 5.69 Å². The second-order valence-corrected chi connectivity index (χ2v) is 6.73. The number of anilines is 1. The second kappa shape index (κ2) is 7.70. The average molecular weight is 356 g/mol. The molecule has 4 rings (SSSR count). The molecule has 2 aromatic carbocycles. The topological polar surface area (TPSA) is 41.9 Å². The molecular formula is C23H24N4. The number of benzene rings is 2. The summed E-state index contributed by atoms with van der Waals surface area (Å²) in [5.41, 5.74) is 2.88. The number of unbranched alkanes of at least 4 members (excludes halogenated alkanes) is 1. The first kappa shape index (κ1) is 17.4. The molecule has 0 amide bonds. The van der Waals surface area contributed by atoms with Crippen LogP contribution in [0.25, 0.3) is 32.9 Å². The lowest BCUT2D eigenvalue weighted by atomic mass is 10.0. The Morgan fingerprint density at radius 1 is 0.852 bits per heavy atom. The van der Waals surface area contributed by atoms with Crippen molar-refractivity contribution in [1.29, 1.82) is 0 Å². The summed E-state index contributed by atoms with van der Waals surface area (Å²) in [6.07, 6.45) is 4.15. The van der Waals surface area contributed by atoms with Crippen molar-refractivity contribution in [2.75, 3.05) is 18.0 Å². The highest BCUT2D eigenvalue weighted by Gasteiger charge is 2.16. The Bertz CT molecular complexity index is 1070. The van der Waals surface area contributed by atoms with E-state index in [1.54, 1.807) is 0 Å². The van der Waals surface area contributed by atoms with E-state index in [0.29, 0.717) is 0 Å². The molecule has 0 aliphatic rings. The van der Waals surface area contributed by atoms with E-state index in [9.17, 15) is 0 Å². The van der Waals surface area contributed by atoms with E-state index in [4.69, 9.17) is 0 Å². The predicted octanol–water partition coefficient (Wildman–Crippen LogP) is 5.47. The summed E-state index contributed by atoms with van der Waals surface area (Å²) in [6, 6.07) is 18.7. The van der Waals surface area contributed by atoms with Crippen LogP contribution in [0.15, 0.2) is 60.8 Å². The summed E-state index contributed by atoms with van der Waals surface area (Å²) in [7, 11) is 0. The van der Waals surface area contributed by atoms with Crippen molar-refractivity contribution < 1.29 is 0 Å². The first-order valence-corrected chi connectivity index (χ1v) is 9.68. The van der Waals surface area contributed by atoms with Crippen LogP contribution in [0.1, 0.15) is 26.7 Å². The lowest BCUT2D eigenvalue weighted by molar-refractivity contribution is 0.721. The number of rotatable bonds is 6. The number of nitrogens with zero attached hydrogens (tertiary/aromatic N) is 4. The minimum atomic E-state index is 0.894. The largest absolute Gasteiger partial charge is 0.355 e. The van der Waals surface area contributed by atoms with Crippen molar-refractivity contribution >= 4 is 27.5 Å². The number of aromatic nitrogens is 3. The molecule has 27 heavy (non-hydrogen) atoms. The van der Waals surface area contributed by atoms with E-state index in [1.807, 2.05) is 12.3 Å². The van der Waals surface area contributed by atoms with E-state index in [-0.39, 0.29) is 0 Å². The molecule has 2 aromatic heterocycles. The number of para-hydroxylation sites is 1. The van der Waals surface area contributed by atoms with Crippen molar-refractivity contribution in [1.82, 2.24) is 15.2 Å².